The zero-order chi connectivity index (χ0) is 16.3. The van der Waals surface area contributed by atoms with Crippen LogP contribution in [0.4, 0.5) is 0 Å². The fraction of sp³-hybridized carbons (Fsp3) is 0.600. The van der Waals surface area contributed by atoms with Crippen molar-refractivity contribution >= 4 is 21.6 Å². The second kappa shape index (κ2) is 7.17. The maximum Gasteiger partial charge on any atom is 0.243 e. The minimum absolute atomic E-state index is 0.0120. The Hall–Kier alpha value is -0.820. The van der Waals surface area contributed by atoms with Crippen molar-refractivity contribution in [3.63, 3.8) is 0 Å². The van der Waals surface area contributed by atoms with E-state index >= 15 is 0 Å². The smallest absolute Gasteiger partial charge is 0.243 e. The highest BCUT2D eigenvalue weighted by molar-refractivity contribution is 7.89. The van der Waals surface area contributed by atoms with Crippen molar-refractivity contribution in [2.24, 2.45) is 0 Å². The Kier molecular flexibility index (Phi) is 5.71. The second-order valence-electron chi connectivity index (χ2n) is 5.60. The first-order valence-electron chi connectivity index (χ1n) is 7.53. The number of rotatable bonds is 5. The molecule has 0 aromatic heterocycles. The van der Waals surface area contributed by atoms with Gasteiger partial charge in [-0.3, -0.25) is 0 Å². The van der Waals surface area contributed by atoms with Crippen molar-refractivity contribution in [2.75, 3.05) is 32.7 Å². The Bertz CT molecular complexity index is 611. The molecule has 1 heterocycles. The summed E-state index contributed by atoms with van der Waals surface area (Å²) in [5.74, 6) is 0.506. The van der Waals surface area contributed by atoms with Gasteiger partial charge in [-0.15, -0.1) is 0 Å². The van der Waals surface area contributed by atoms with Gasteiger partial charge >= 0.3 is 0 Å². The van der Waals surface area contributed by atoms with Gasteiger partial charge in [-0.25, -0.2) is 8.42 Å². The number of hydrogen-bond acceptors (Lipinski definition) is 4. The number of likely N-dealkylation sites (N-methyl/N-ethyl adjacent to an activating group) is 1. The van der Waals surface area contributed by atoms with Crippen LogP contribution < -0.4 is 4.74 Å². The average Bonchev–Trinajstić information content (AvgIpc) is 2.49. The summed E-state index contributed by atoms with van der Waals surface area (Å²) in [6.07, 6.45) is -0.0120. The zero-order valence-corrected chi connectivity index (χ0v) is 14.8. The van der Waals surface area contributed by atoms with E-state index in [4.69, 9.17) is 16.3 Å². The number of nitrogens with zero attached hydrogens (tertiary/aromatic N) is 2. The van der Waals surface area contributed by atoms with Crippen LogP contribution in [0.3, 0.4) is 0 Å². The van der Waals surface area contributed by atoms with E-state index in [-0.39, 0.29) is 11.0 Å². The number of benzene rings is 1. The van der Waals surface area contributed by atoms with E-state index in [1.54, 1.807) is 12.1 Å². The van der Waals surface area contributed by atoms with Crippen LogP contribution in [0.1, 0.15) is 20.8 Å². The van der Waals surface area contributed by atoms with Gasteiger partial charge in [0.2, 0.25) is 10.0 Å². The van der Waals surface area contributed by atoms with Gasteiger partial charge in [0.1, 0.15) is 5.75 Å². The van der Waals surface area contributed by atoms with E-state index in [2.05, 4.69) is 11.8 Å². The second-order valence-corrected chi connectivity index (χ2v) is 7.94. The van der Waals surface area contributed by atoms with Crippen molar-refractivity contribution in [3.8, 4) is 5.75 Å². The molecular formula is C15H23ClN2O3S. The highest BCUT2D eigenvalue weighted by Gasteiger charge is 2.28. The minimum atomic E-state index is -3.49. The van der Waals surface area contributed by atoms with Crippen molar-refractivity contribution in [1.29, 1.82) is 0 Å². The Balaban J connectivity index is 2.18. The van der Waals surface area contributed by atoms with Gasteiger partial charge in [0, 0.05) is 26.2 Å². The molecule has 2 rings (SSSR count). The van der Waals surface area contributed by atoms with Crippen molar-refractivity contribution in [2.45, 2.75) is 31.8 Å². The van der Waals surface area contributed by atoms with Gasteiger partial charge in [0.25, 0.3) is 0 Å². The van der Waals surface area contributed by atoms with Crippen LogP contribution in [0, 0.1) is 0 Å². The molecule has 0 spiro atoms. The molecule has 1 aliphatic heterocycles. The van der Waals surface area contributed by atoms with Gasteiger partial charge in [-0.2, -0.15) is 4.31 Å². The lowest BCUT2D eigenvalue weighted by Gasteiger charge is -2.33. The topological polar surface area (TPSA) is 49.9 Å². The maximum absolute atomic E-state index is 12.7. The Labute approximate surface area is 137 Å². The largest absolute Gasteiger partial charge is 0.489 e. The summed E-state index contributed by atoms with van der Waals surface area (Å²) >= 11 is 6.15. The van der Waals surface area contributed by atoms with Gasteiger partial charge in [0.15, 0.2) is 0 Å². The third-order valence-corrected chi connectivity index (χ3v) is 5.87. The number of hydrogen-bond donors (Lipinski definition) is 0. The molecule has 0 saturated carbocycles. The predicted molar refractivity (Wildman–Crippen MR) is 88.1 cm³/mol. The van der Waals surface area contributed by atoms with Crippen LogP contribution in [0.25, 0.3) is 0 Å². The predicted octanol–water partition coefficient (Wildman–Crippen LogP) is 2.45. The maximum atomic E-state index is 12.7. The summed E-state index contributed by atoms with van der Waals surface area (Å²) in [4.78, 5) is 2.46. The highest BCUT2D eigenvalue weighted by Crippen LogP contribution is 2.29. The molecule has 7 heteroatoms. The van der Waals surface area contributed by atoms with E-state index in [1.807, 2.05) is 13.8 Å². The molecule has 1 aromatic carbocycles. The van der Waals surface area contributed by atoms with Crippen LogP contribution in [-0.4, -0.2) is 56.5 Å². The van der Waals surface area contributed by atoms with Crippen LogP contribution >= 0.6 is 11.6 Å². The number of sulfonamides is 1. The fourth-order valence-electron chi connectivity index (χ4n) is 2.43. The third-order valence-electron chi connectivity index (χ3n) is 3.68. The van der Waals surface area contributed by atoms with Gasteiger partial charge in [-0.05, 0) is 38.6 Å². The molecule has 0 N–H and O–H groups in total. The van der Waals surface area contributed by atoms with Gasteiger partial charge in [0.05, 0.1) is 16.0 Å². The van der Waals surface area contributed by atoms with Crippen LogP contribution in [-0.2, 0) is 10.0 Å². The molecule has 0 unspecified atom stereocenters. The summed E-state index contributed by atoms with van der Waals surface area (Å²) < 4.78 is 32.4. The van der Waals surface area contributed by atoms with Crippen LogP contribution in [0.2, 0.25) is 5.02 Å². The summed E-state index contributed by atoms with van der Waals surface area (Å²) in [6.45, 7) is 9.37. The van der Waals surface area contributed by atoms with Crippen LogP contribution in [0.15, 0.2) is 23.1 Å². The average molecular weight is 347 g/mol. The normalized spacial score (nSPS) is 17.9. The molecule has 0 atom stereocenters. The molecule has 1 aromatic rings. The number of ether oxygens (including phenoxy) is 1. The molecule has 1 fully saturated rings. The molecule has 22 heavy (non-hydrogen) atoms. The molecule has 0 amide bonds. The van der Waals surface area contributed by atoms with E-state index in [9.17, 15) is 8.42 Å². The van der Waals surface area contributed by atoms with E-state index in [0.29, 0.717) is 23.9 Å². The van der Waals surface area contributed by atoms with Gasteiger partial charge < -0.3 is 9.64 Å². The lowest BCUT2D eigenvalue weighted by molar-refractivity contribution is 0.196. The Morgan fingerprint density at radius 2 is 1.86 bits per heavy atom. The van der Waals surface area contributed by atoms with E-state index in [1.165, 1.54) is 10.4 Å². The van der Waals surface area contributed by atoms with E-state index < -0.39 is 10.0 Å². The quantitative estimate of drug-likeness (QED) is 0.821. The lowest BCUT2D eigenvalue weighted by atomic mass is 10.3. The zero-order valence-electron chi connectivity index (χ0n) is 13.3. The molecule has 1 aliphatic rings. The molecule has 5 nitrogen and oxygen atoms in total. The fourth-order valence-corrected chi connectivity index (χ4v) is 4.17. The Morgan fingerprint density at radius 1 is 1.23 bits per heavy atom. The number of halogens is 1. The third kappa shape index (κ3) is 3.93. The number of piperazine rings is 1. The first-order chi connectivity index (χ1) is 10.3. The minimum Gasteiger partial charge on any atom is -0.489 e. The molecule has 124 valence electrons. The summed E-state index contributed by atoms with van der Waals surface area (Å²) in [5, 5.41) is 0.321. The molecule has 0 aliphatic carbocycles. The summed E-state index contributed by atoms with van der Waals surface area (Å²) in [6, 6.07) is 4.66. The van der Waals surface area contributed by atoms with Crippen molar-refractivity contribution in [3.05, 3.63) is 23.2 Å². The molecule has 0 radical (unpaired) electrons. The Morgan fingerprint density at radius 3 is 2.36 bits per heavy atom. The monoisotopic (exact) mass is 346 g/mol. The van der Waals surface area contributed by atoms with Crippen LogP contribution in [0.5, 0.6) is 5.75 Å². The van der Waals surface area contributed by atoms with Crippen molar-refractivity contribution < 1.29 is 13.2 Å². The molecule has 1 saturated heterocycles. The van der Waals surface area contributed by atoms with Crippen molar-refractivity contribution in [1.82, 2.24) is 9.21 Å². The van der Waals surface area contributed by atoms with E-state index in [0.717, 1.165) is 19.6 Å². The molecule has 0 bridgehead atoms. The van der Waals surface area contributed by atoms with Gasteiger partial charge in [-0.1, -0.05) is 18.5 Å². The summed E-state index contributed by atoms with van der Waals surface area (Å²) in [7, 11) is -3.49. The highest BCUT2D eigenvalue weighted by atomic mass is 35.5. The lowest BCUT2D eigenvalue weighted by Crippen LogP contribution is -2.48. The standard InChI is InChI=1S/C15H23ClN2O3S/c1-4-17-7-9-18(10-8-17)22(19,20)13-5-6-15(14(16)11-13)21-12(2)3/h5-6,11-12H,4,7-10H2,1-3H3. The summed E-state index contributed by atoms with van der Waals surface area (Å²) in [5.41, 5.74) is 0. The molecular weight excluding hydrogens is 324 g/mol. The first-order valence-corrected chi connectivity index (χ1v) is 9.35. The first kappa shape index (κ1) is 17.5. The SMILES string of the molecule is CCN1CCN(S(=O)(=O)c2ccc(OC(C)C)c(Cl)c2)CC1.